The van der Waals surface area contributed by atoms with Crippen LogP contribution in [-0.4, -0.2) is 14.4 Å². The van der Waals surface area contributed by atoms with Crippen molar-refractivity contribution in [2.24, 2.45) is 0 Å². The number of nitrogens with zero attached hydrogens (tertiary/aromatic N) is 3. The lowest BCUT2D eigenvalue weighted by Gasteiger charge is -2.14. The van der Waals surface area contributed by atoms with Crippen LogP contribution in [0.4, 0.5) is 0 Å². The molecule has 214 valence electrons. The van der Waals surface area contributed by atoms with Gasteiger partial charge >= 0.3 is 0 Å². The minimum atomic E-state index is 0.931. The molecule has 0 unspecified atom stereocenters. The van der Waals surface area contributed by atoms with Crippen LogP contribution >= 0.6 is 0 Å². The number of hydrogen-bond donors (Lipinski definition) is 0. The predicted octanol–water partition coefficient (Wildman–Crippen LogP) is 10.8. The standard InChI is InChI=1S/C42H31N3/c1-28-22-34(23-29(2)43-28)36-25-35(26-37(27-36)39-19-11-15-30-12-6-7-18-38(30)39)32-16-10-17-33(24-32)42-41(31-13-4-3-5-14-31)44-40-20-8-9-21-45(40)42/h3-27H,1-2H3. The molecule has 0 spiro atoms. The van der Waals surface area contributed by atoms with Crippen molar-refractivity contribution in [3.8, 4) is 55.9 Å². The lowest BCUT2D eigenvalue weighted by Crippen LogP contribution is -1.92. The molecule has 8 aromatic rings. The molecule has 0 aliphatic carbocycles. The van der Waals surface area contributed by atoms with Crippen molar-refractivity contribution in [2.75, 3.05) is 0 Å². The number of rotatable bonds is 5. The molecule has 0 aliphatic rings. The highest BCUT2D eigenvalue weighted by molar-refractivity contribution is 5.98. The predicted molar refractivity (Wildman–Crippen MR) is 187 cm³/mol. The second-order valence-corrected chi connectivity index (χ2v) is 11.6. The minimum Gasteiger partial charge on any atom is -0.299 e. The van der Waals surface area contributed by atoms with Crippen LogP contribution in [0.25, 0.3) is 72.3 Å². The first kappa shape index (κ1) is 26.8. The Bertz CT molecular complexity index is 2320. The number of fused-ring (bicyclic) bond motifs is 2. The molecule has 3 nitrogen and oxygen atoms in total. The van der Waals surface area contributed by atoms with E-state index in [0.29, 0.717) is 0 Å². The smallest absolute Gasteiger partial charge is 0.137 e. The maximum atomic E-state index is 5.07. The number of benzene rings is 5. The molecular weight excluding hydrogens is 546 g/mol. The molecule has 5 aromatic carbocycles. The van der Waals surface area contributed by atoms with Crippen molar-refractivity contribution in [2.45, 2.75) is 13.8 Å². The summed E-state index contributed by atoms with van der Waals surface area (Å²) in [5.41, 5.74) is 14.3. The van der Waals surface area contributed by atoms with Crippen LogP contribution in [0.15, 0.2) is 152 Å². The summed E-state index contributed by atoms with van der Waals surface area (Å²) >= 11 is 0. The number of aromatic nitrogens is 3. The Labute approximate surface area is 263 Å². The quantitative estimate of drug-likeness (QED) is 0.204. The van der Waals surface area contributed by atoms with Crippen molar-refractivity contribution in [3.63, 3.8) is 0 Å². The summed E-state index contributed by atoms with van der Waals surface area (Å²) in [6.07, 6.45) is 2.10. The van der Waals surface area contributed by atoms with Crippen LogP contribution in [0.5, 0.6) is 0 Å². The zero-order chi connectivity index (χ0) is 30.3. The van der Waals surface area contributed by atoms with Gasteiger partial charge in [0.05, 0.1) is 11.4 Å². The molecule has 0 atom stereocenters. The largest absolute Gasteiger partial charge is 0.299 e. The van der Waals surface area contributed by atoms with E-state index in [1.165, 1.54) is 38.6 Å². The average Bonchev–Trinajstić information content (AvgIpc) is 3.48. The second-order valence-electron chi connectivity index (χ2n) is 11.6. The highest BCUT2D eigenvalue weighted by Crippen LogP contribution is 2.39. The van der Waals surface area contributed by atoms with Crippen LogP contribution in [0, 0.1) is 13.8 Å². The summed E-state index contributed by atoms with van der Waals surface area (Å²) in [6, 6.07) is 52.0. The molecular formula is C42H31N3. The van der Waals surface area contributed by atoms with E-state index in [1.54, 1.807) is 0 Å². The molecule has 0 N–H and O–H groups in total. The molecule has 3 aromatic heterocycles. The molecule has 0 fully saturated rings. The molecule has 0 saturated carbocycles. The third kappa shape index (κ3) is 4.99. The fourth-order valence-corrected chi connectivity index (χ4v) is 6.51. The lowest BCUT2D eigenvalue weighted by molar-refractivity contribution is 1.12. The van der Waals surface area contributed by atoms with E-state index in [1.807, 2.05) is 12.1 Å². The van der Waals surface area contributed by atoms with Gasteiger partial charge in [-0.1, -0.05) is 97.1 Å². The lowest BCUT2D eigenvalue weighted by atomic mass is 9.90. The Kier molecular flexibility index (Phi) is 6.57. The van der Waals surface area contributed by atoms with Crippen LogP contribution in [0.3, 0.4) is 0 Å². The van der Waals surface area contributed by atoms with Crippen molar-refractivity contribution in [1.82, 2.24) is 14.4 Å². The Morgan fingerprint density at radius 2 is 1.04 bits per heavy atom. The van der Waals surface area contributed by atoms with E-state index < -0.39 is 0 Å². The van der Waals surface area contributed by atoms with Gasteiger partial charge in [0.2, 0.25) is 0 Å². The molecule has 3 heterocycles. The van der Waals surface area contributed by atoms with E-state index >= 15 is 0 Å². The Morgan fingerprint density at radius 1 is 0.444 bits per heavy atom. The number of aryl methyl sites for hydroxylation is 2. The zero-order valence-electron chi connectivity index (χ0n) is 25.3. The minimum absolute atomic E-state index is 0.931. The van der Waals surface area contributed by atoms with E-state index in [9.17, 15) is 0 Å². The topological polar surface area (TPSA) is 30.2 Å². The SMILES string of the molecule is Cc1cc(-c2cc(-c3cccc(-c4c(-c5ccccc5)nc5ccccn45)c3)cc(-c3cccc4ccccc34)c2)cc(C)n1. The van der Waals surface area contributed by atoms with Gasteiger partial charge in [0.15, 0.2) is 0 Å². The highest BCUT2D eigenvalue weighted by atomic mass is 15.0. The summed E-state index contributed by atoms with van der Waals surface area (Å²) in [6.45, 7) is 4.13. The molecule has 0 amide bonds. The average molecular weight is 578 g/mol. The number of pyridine rings is 2. The molecule has 0 aliphatic heterocycles. The maximum absolute atomic E-state index is 5.07. The van der Waals surface area contributed by atoms with E-state index in [4.69, 9.17) is 4.98 Å². The van der Waals surface area contributed by atoms with Gasteiger partial charge < -0.3 is 0 Å². The normalized spacial score (nSPS) is 11.3. The van der Waals surface area contributed by atoms with Gasteiger partial charge in [-0.3, -0.25) is 9.38 Å². The summed E-state index contributed by atoms with van der Waals surface area (Å²) < 4.78 is 2.20. The van der Waals surface area contributed by atoms with E-state index in [-0.39, 0.29) is 0 Å². The second kappa shape index (κ2) is 11.0. The van der Waals surface area contributed by atoms with Crippen molar-refractivity contribution < 1.29 is 0 Å². The summed E-state index contributed by atoms with van der Waals surface area (Å²) in [4.78, 5) is 9.72. The number of imidazole rings is 1. The van der Waals surface area contributed by atoms with Gasteiger partial charge in [0.1, 0.15) is 5.65 Å². The molecule has 0 saturated heterocycles. The third-order valence-electron chi connectivity index (χ3n) is 8.49. The van der Waals surface area contributed by atoms with E-state index in [2.05, 4.69) is 163 Å². The first-order valence-corrected chi connectivity index (χ1v) is 15.3. The van der Waals surface area contributed by atoms with Gasteiger partial charge in [0, 0.05) is 28.7 Å². The first-order valence-electron chi connectivity index (χ1n) is 15.3. The van der Waals surface area contributed by atoms with E-state index in [0.717, 1.165) is 45.1 Å². The zero-order valence-corrected chi connectivity index (χ0v) is 25.3. The van der Waals surface area contributed by atoms with Gasteiger partial charge in [-0.25, -0.2) is 4.98 Å². The number of hydrogen-bond acceptors (Lipinski definition) is 2. The molecule has 0 bridgehead atoms. The van der Waals surface area contributed by atoms with Crippen LogP contribution in [0.2, 0.25) is 0 Å². The van der Waals surface area contributed by atoms with Crippen molar-refractivity contribution in [3.05, 3.63) is 163 Å². The summed E-state index contributed by atoms with van der Waals surface area (Å²) in [7, 11) is 0. The third-order valence-corrected chi connectivity index (χ3v) is 8.49. The van der Waals surface area contributed by atoms with Gasteiger partial charge in [-0.05, 0) is 107 Å². The van der Waals surface area contributed by atoms with Gasteiger partial charge in [-0.15, -0.1) is 0 Å². The van der Waals surface area contributed by atoms with Crippen LogP contribution in [0.1, 0.15) is 11.4 Å². The fourth-order valence-electron chi connectivity index (χ4n) is 6.51. The van der Waals surface area contributed by atoms with Crippen LogP contribution in [-0.2, 0) is 0 Å². The van der Waals surface area contributed by atoms with Crippen molar-refractivity contribution in [1.29, 1.82) is 0 Å². The Morgan fingerprint density at radius 3 is 1.89 bits per heavy atom. The van der Waals surface area contributed by atoms with Gasteiger partial charge in [0.25, 0.3) is 0 Å². The Hall–Kier alpha value is -5.80. The maximum Gasteiger partial charge on any atom is 0.137 e. The highest BCUT2D eigenvalue weighted by Gasteiger charge is 2.17. The molecule has 45 heavy (non-hydrogen) atoms. The Balaban J connectivity index is 1.35. The molecule has 8 rings (SSSR count). The summed E-state index contributed by atoms with van der Waals surface area (Å²) in [5, 5.41) is 2.48. The van der Waals surface area contributed by atoms with Crippen molar-refractivity contribution >= 4 is 16.4 Å². The summed E-state index contributed by atoms with van der Waals surface area (Å²) in [5.74, 6) is 0. The van der Waals surface area contributed by atoms with Gasteiger partial charge in [-0.2, -0.15) is 0 Å². The monoisotopic (exact) mass is 577 g/mol. The van der Waals surface area contributed by atoms with Crippen LogP contribution < -0.4 is 0 Å². The fraction of sp³-hybridized carbons (Fsp3) is 0.0476. The molecule has 3 heteroatoms. The molecule has 0 radical (unpaired) electrons. The first-order chi connectivity index (χ1) is 22.1.